The second kappa shape index (κ2) is 6.33. The molecule has 2 rings (SSSR count). The molecule has 1 aliphatic rings. The van der Waals surface area contributed by atoms with Crippen LogP contribution in [-0.4, -0.2) is 24.8 Å². The number of amides is 1. The molecule has 1 aromatic carbocycles. The van der Waals surface area contributed by atoms with Gasteiger partial charge in [0.15, 0.2) is 0 Å². The number of ether oxygens (including phenoxy) is 1. The van der Waals surface area contributed by atoms with Gasteiger partial charge in [0, 0.05) is 19.6 Å². The topological polar surface area (TPSA) is 41.6 Å². The number of alkyl carbamates (subject to hydrolysis) is 1. The third-order valence-corrected chi connectivity index (χ3v) is 3.29. The number of anilines is 1. The van der Waals surface area contributed by atoms with Crippen LogP contribution in [0.3, 0.4) is 0 Å². The molecule has 0 radical (unpaired) electrons. The first-order valence-corrected chi connectivity index (χ1v) is 7.35. The largest absolute Gasteiger partial charge is 0.444 e. The molecule has 0 aromatic heterocycles. The van der Waals surface area contributed by atoms with Gasteiger partial charge in [0.1, 0.15) is 11.4 Å². The summed E-state index contributed by atoms with van der Waals surface area (Å²) in [7, 11) is 0. The minimum atomic E-state index is -0.533. The summed E-state index contributed by atoms with van der Waals surface area (Å²) in [6.45, 7) is 7.48. The molecule has 1 aliphatic heterocycles. The van der Waals surface area contributed by atoms with E-state index in [1.807, 2.05) is 6.07 Å². The summed E-state index contributed by atoms with van der Waals surface area (Å²) in [5.41, 5.74) is 0.837. The second-order valence-electron chi connectivity index (χ2n) is 6.34. The summed E-state index contributed by atoms with van der Waals surface area (Å²) in [5, 5.41) is 2.63. The lowest BCUT2D eigenvalue weighted by Gasteiger charge is -2.20. The zero-order chi connectivity index (χ0) is 15.5. The lowest BCUT2D eigenvalue weighted by molar-refractivity contribution is 0.0523. The number of carbonyl (C=O) groups is 1. The van der Waals surface area contributed by atoms with E-state index in [0.29, 0.717) is 5.69 Å². The number of nitrogens with one attached hydrogen (secondary N) is 1. The van der Waals surface area contributed by atoms with Gasteiger partial charge in [0.05, 0.1) is 5.69 Å². The van der Waals surface area contributed by atoms with Crippen molar-refractivity contribution in [1.82, 2.24) is 5.32 Å². The second-order valence-corrected chi connectivity index (χ2v) is 6.34. The van der Waals surface area contributed by atoms with E-state index in [2.05, 4.69) is 10.2 Å². The average Bonchev–Trinajstić information content (AvgIpc) is 2.88. The van der Waals surface area contributed by atoms with Gasteiger partial charge in [-0.2, -0.15) is 0 Å². The zero-order valence-corrected chi connectivity index (χ0v) is 12.9. The van der Waals surface area contributed by atoms with Crippen LogP contribution in [0.2, 0.25) is 0 Å². The van der Waals surface area contributed by atoms with Gasteiger partial charge in [-0.25, -0.2) is 9.18 Å². The van der Waals surface area contributed by atoms with Crippen LogP contribution < -0.4 is 10.2 Å². The van der Waals surface area contributed by atoms with Crippen LogP contribution in [0.4, 0.5) is 14.9 Å². The highest BCUT2D eigenvalue weighted by Crippen LogP contribution is 2.24. The quantitative estimate of drug-likeness (QED) is 0.928. The molecule has 0 aliphatic carbocycles. The lowest BCUT2D eigenvalue weighted by atomic mass is 10.2. The fraction of sp³-hybridized carbons (Fsp3) is 0.562. The van der Waals surface area contributed by atoms with Crippen LogP contribution in [0.5, 0.6) is 0 Å². The summed E-state index contributed by atoms with van der Waals surface area (Å²) in [5.74, 6) is -0.236. The molecule has 4 nitrogen and oxygen atoms in total. The standard InChI is InChI=1S/C16H23FN2O2/c1-16(2,3)21-15(20)18-11-12-6-7-14(13(17)10-12)19-8-4-5-9-19/h6-7,10H,4-5,8-9,11H2,1-3H3,(H,18,20). The predicted octanol–water partition coefficient (Wildman–Crippen LogP) is 3.45. The Hall–Kier alpha value is -1.78. The van der Waals surface area contributed by atoms with E-state index in [1.54, 1.807) is 26.8 Å². The number of benzene rings is 1. The van der Waals surface area contributed by atoms with Crippen molar-refractivity contribution in [3.05, 3.63) is 29.6 Å². The van der Waals surface area contributed by atoms with Gasteiger partial charge in [0.2, 0.25) is 0 Å². The molecule has 21 heavy (non-hydrogen) atoms. The molecule has 0 spiro atoms. The summed E-state index contributed by atoms with van der Waals surface area (Å²) in [6.07, 6.45) is 1.73. The van der Waals surface area contributed by atoms with E-state index in [9.17, 15) is 9.18 Å². The number of nitrogens with zero attached hydrogens (tertiary/aromatic N) is 1. The molecule has 0 saturated carbocycles. The molecule has 5 heteroatoms. The van der Waals surface area contributed by atoms with Crippen molar-refractivity contribution in [3.63, 3.8) is 0 Å². The zero-order valence-electron chi connectivity index (χ0n) is 12.9. The Bertz CT molecular complexity index is 505. The number of halogens is 1. The van der Waals surface area contributed by atoms with Crippen LogP contribution >= 0.6 is 0 Å². The van der Waals surface area contributed by atoms with Crippen molar-refractivity contribution in [2.24, 2.45) is 0 Å². The van der Waals surface area contributed by atoms with Crippen molar-refractivity contribution in [2.45, 2.75) is 45.8 Å². The Morgan fingerprint density at radius 1 is 1.33 bits per heavy atom. The van der Waals surface area contributed by atoms with E-state index in [-0.39, 0.29) is 12.4 Å². The van der Waals surface area contributed by atoms with E-state index < -0.39 is 11.7 Å². The third kappa shape index (κ3) is 4.62. The van der Waals surface area contributed by atoms with Crippen LogP contribution in [0.15, 0.2) is 18.2 Å². The first-order chi connectivity index (χ1) is 9.85. The lowest BCUT2D eigenvalue weighted by Crippen LogP contribution is -2.32. The smallest absolute Gasteiger partial charge is 0.407 e. The van der Waals surface area contributed by atoms with E-state index in [1.165, 1.54) is 6.07 Å². The SMILES string of the molecule is CC(C)(C)OC(=O)NCc1ccc(N2CCCC2)c(F)c1. The van der Waals surface area contributed by atoms with Gasteiger partial charge < -0.3 is 15.0 Å². The van der Waals surface area contributed by atoms with Gasteiger partial charge in [0.25, 0.3) is 0 Å². The summed E-state index contributed by atoms with van der Waals surface area (Å²) in [4.78, 5) is 13.6. The van der Waals surface area contributed by atoms with Gasteiger partial charge in [-0.15, -0.1) is 0 Å². The first-order valence-electron chi connectivity index (χ1n) is 7.35. The molecule has 116 valence electrons. The van der Waals surface area contributed by atoms with E-state index >= 15 is 0 Å². The molecule has 1 N–H and O–H groups in total. The van der Waals surface area contributed by atoms with Crippen molar-refractivity contribution in [1.29, 1.82) is 0 Å². The summed E-state index contributed by atoms with van der Waals surface area (Å²) in [6, 6.07) is 5.10. The van der Waals surface area contributed by atoms with Crippen LogP contribution in [0.1, 0.15) is 39.2 Å². The maximum atomic E-state index is 14.1. The molecular formula is C16H23FN2O2. The van der Waals surface area contributed by atoms with Crippen molar-refractivity contribution < 1.29 is 13.9 Å². The number of rotatable bonds is 3. The maximum absolute atomic E-state index is 14.1. The Labute approximate surface area is 125 Å². The Balaban J connectivity index is 1.92. The third-order valence-electron chi connectivity index (χ3n) is 3.29. The summed E-state index contributed by atoms with van der Waals surface area (Å²) >= 11 is 0. The van der Waals surface area contributed by atoms with Crippen molar-refractivity contribution in [2.75, 3.05) is 18.0 Å². The Morgan fingerprint density at radius 3 is 2.57 bits per heavy atom. The minimum Gasteiger partial charge on any atom is -0.444 e. The monoisotopic (exact) mass is 294 g/mol. The number of hydrogen-bond donors (Lipinski definition) is 1. The molecule has 1 heterocycles. The number of carbonyl (C=O) groups excluding carboxylic acids is 1. The van der Waals surface area contributed by atoms with Crippen molar-refractivity contribution >= 4 is 11.8 Å². The predicted molar refractivity (Wildman–Crippen MR) is 80.9 cm³/mol. The fourth-order valence-electron chi connectivity index (χ4n) is 2.36. The molecule has 0 unspecified atom stereocenters. The molecule has 1 saturated heterocycles. The normalized spacial score (nSPS) is 15.1. The van der Waals surface area contributed by atoms with Crippen LogP contribution in [-0.2, 0) is 11.3 Å². The van der Waals surface area contributed by atoms with Crippen molar-refractivity contribution in [3.8, 4) is 0 Å². The van der Waals surface area contributed by atoms with E-state index in [4.69, 9.17) is 4.74 Å². The molecular weight excluding hydrogens is 271 g/mol. The van der Waals surface area contributed by atoms with Gasteiger partial charge in [-0.05, 0) is 51.3 Å². The van der Waals surface area contributed by atoms with E-state index in [0.717, 1.165) is 31.5 Å². The highest BCUT2D eigenvalue weighted by atomic mass is 19.1. The molecule has 1 amide bonds. The highest BCUT2D eigenvalue weighted by molar-refractivity contribution is 5.67. The molecule has 1 aromatic rings. The minimum absolute atomic E-state index is 0.236. The van der Waals surface area contributed by atoms with Crippen LogP contribution in [0, 0.1) is 5.82 Å². The Morgan fingerprint density at radius 2 is 2.00 bits per heavy atom. The first kappa shape index (κ1) is 15.6. The van der Waals surface area contributed by atoms with Gasteiger partial charge in [-0.3, -0.25) is 0 Å². The van der Waals surface area contributed by atoms with Gasteiger partial charge >= 0.3 is 6.09 Å². The summed E-state index contributed by atoms with van der Waals surface area (Å²) < 4.78 is 19.3. The fourth-order valence-corrected chi connectivity index (χ4v) is 2.36. The molecule has 0 bridgehead atoms. The number of hydrogen-bond acceptors (Lipinski definition) is 3. The Kier molecular flexibility index (Phi) is 4.70. The average molecular weight is 294 g/mol. The molecule has 0 atom stereocenters. The van der Waals surface area contributed by atoms with Crippen LogP contribution in [0.25, 0.3) is 0 Å². The highest BCUT2D eigenvalue weighted by Gasteiger charge is 2.17. The maximum Gasteiger partial charge on any atom is 0.407 e. The molecule has 1 fully saturated rings. The van der Waals surface area contributed by atoms with Gasteiger partial charge in [-0.1, -0.05) is 6.07 Å².